The highest BCUT2D eigenvalue weighted by atomic mass is 16.5. The van der Waals surface area contributed by atoms with Crippen molar-refractivity contribution in [2.24, 2.45) is 5.41 Å². The first kappa shape index (κ1) is 17.7. The van der Waals surface area contributed by atoms with Crippen molar-refractivity contribution >= 4 is 11.8 Å². The molecule has 6 nitrogen and oxygen atoms in total. The first-order valence-corrected chi connectivity index (χ1v) is 9.29. The molecule has 0 aromatic carbocycles. The predicted octanol–water partition coefficient (Wildman–Crippen LogP) is 1.43. The average Bonchev–Trinajstić information content (AvgIpc) is 2.60. The molecule has 3 rings (SSSR count). The summed E-state index contributed by atoms with van der Waals surface area (Å²) >= 11 is 0. The molecular formula is C18H30N2O4. The van der Waals surface area contributed by atoms with Gasteiger partial charge in [-0.25, -0.2) is 0 Å². The van der Waals surface area contributed by atoms with Crippen LogP contribution in [0.25, 0.3) is 0 Å². The van der Waals surface area contributed by atoms with Crippen LogP contribution in [-0.4, -0.2) is 74.2 Å². The molecule has 0 radical (unpaired) electrons. The number of carbonyl (C=O) groups excluding carboxylic acids is 2. The minimum absolute atomic E-state index is 0.0842. The largest absolute Gasteiger partial charge is 0.376 e. The number of piperidine rings is 2. The molecule has 1 unspecified atom stereocenters. The highest BCUT2D eigenvalue weighted by molar-refractivity contribution is 5.78. The van der Waals surface area contributed by atoms with E-state index in [1.165, 1.54) is 6.42 Å². The van der Waals surface area contributed by atoms with E-state index in [0.717, 1.165) is 58.3 Å². The molecule has 0 bridgehead atoms. The van der Waals surface area contributed by atoms with Gasteiger partial charge in [0.2, 0.25) is 11.8 Å². The second-order valence-corrected chi connectivity index (χ2v) is 7.63. The molecule has 1 atom stereocenters. The maximum absolute atomic E-state index is 12.3. The van der Waals surface area contributed by atoms with Crippen LogP contribution in [0, 0.1) is 5.41 Å². The number of likely N-dealkylation sites (tertiary alicyclic amines) is 2. The van der Waals surface area contributed by atoms with Gasteiger partial charge in [-0.2, -0.15) is 0 Å². The molecule has 1 spiro atoms. The molecule has 0 saturated carbocycles. The third-order valence-electron chi connectivity index (χ3n) is 5.85. The van der Waals surface area contributed by atoms with Crippen LogP contribution in [0.2, 0.25) is 0 Å². The van der Waals surface area contributed by atoms with Gasteiger partial charge < -0.3 is 19.3 Å². The number of hydrogen-bond donors (Lipinski definition) is 0. The van der Waals surface area contributed by atoms with Crippen molar-refractivity contribution in [1.29, 1.82) is 0 Å². The van der Waals surface area contributed by atoms with E-state index >= 15 is 0 Å². The van der Waals surface area contributed by atoms with Crippen LogP contribution in [0.5, 0.6) is 0 Å². The van der Waals surface area contributed by atoms with E-state index in [1.54, 1.807) is 0 Å². The maximum atomic E-state index is 12.3. The van der Waals surface area contributed by atoms with Gasteiger partial charge in [0.25, 0.3) is 0 Å². The predicted molar refractivity (Wildman–Crippen MR) is 89.5 cm³/mol. The average molecular weight is 338 g/mol. The first-order chi connectivity index (χ1) is 11.6. The zero-order valence-corrected chi connectivity index (χ0v) is 14.8. The summed E-state index contributed by atoms with van der Waals surface area (Å²) in [6, 6.07) is 0. The smallest absolute Gasteiger partial charge is 0.248 e. The third-order valence-corrected chi connectivity index (χ3v) is 5.85. The van der Waals surface area contributed by atoms with Crippen molar-refractivity contribution in [3.8, 4) is 0 Å². The lowest BCUT2D eigenvalue weighted by Gasteiger charge is -2.46. The Morgan fingerprint density at radius 1 is 1.29 bits per heavy atom. The van der Waals surface area contributed by atoms with Crippen LogP contribution >= 0.6 is 0 Å². The Hall–Kier alpha value is -1.14. The van der Waals surface area contributed by atoms with E-state index in [9.17, 15) is 9.59 Å². The van der Waals surface area contributed by atoms with E-state index in [-0.39, 0.29) is 29.9 Å². The zero-order chi connectivity index (χ0) is 17.0. The lowest BCUT2D eigenvalue weighted by molar-refractivity contribution is -0.144. The van der Waals surface area contributed by atoms with Crippen LogP contribution in [0.1, 0.15) is 44.9 Å². The van der Waals surface area contributed by atoms with Crippen LogP contribution in [0.15, 0.2) is 0 Å². The molecule has 3 aliphatic heterocycles. The van der Waals surface area contributed by atoms with Gasteiger partial charge in [0.1, 0.15) is 6.61 Å². The molecule has 0 aromatic heterocycles. The molecule has 0 aromatic rings. The Bertz CT molecular complexity index is 454. The molecule has 0 N–H and O–H groups in total. The lowest BCUT2D eigenvalue weighted by Crippen LogP contribution is -2.51. The fourth-order valence-corrected chi connectivity index (χ4v) is 4.18. The highest BCUT2D eigenvalue weighted by Crippen LogP contribution is 2.39. The van der Waals surface area contributed by atoms with Gasteiger partial charge in [-0.05, 0) is 43.9 Å². The number of amides is 2. The molecular weight excluding hydrogens is 308 g/mol. The first-order valence-electron chi connectivity index (χ1n) is 9.29. The maximum Gasteiger partial charge on any atom is 0.248 e. The van der Waals surface area contributed by atoms with Gasteiger partial charge in [0.05, 0.1) is 12.7 Å². The fraction of sp³-hybridized carbons (Fsp3) is 0.889. The lowest BCUT2D eigenvalue weighted by atomic mass is 9.72. The Morgan fingerprint density at radius 3 is 2.75 bits per heavy atom. The molecule has 6 heteroatoms. The number of ether oxygens (including phenoxy) is 2. The molecule has 3 aliphatic rings. The molecule has 3 heterocycles. The second-order valence-electron chi connectivity index (χ2n) is 7.63. The normalized spacial score (nSPS) is 27.5. The molecule has 24 heavy (non-hydrogen) atoms. The van der Waals surface area contributed by atoms with E-state index in [0.29, 0.717) is 13.0 Å². The van der Waals surface area contributed by atoms with Gasteiger partial charge in [0.15, 0.2) is 0 Å². The fourth-order valence-electron chi connectivity index (χ4n) is 4.18. The van der Waals surface area contributed by atoms with E-state index < -0.39 is 0 Å². The minimum atomic E-state index is 0.0842. The third kappa shape index (κ3) is 4.28. The van der Waals surface area contributed by atoms with Crippen molar-refractivity contribution in [2.75, 3.05) is 46.5 Å². The second kappa shape index (κ2) is 7.83. The molecule has 3 fully saturated rings. The van der Waals surface area contributed by atoms with Crippen LogP contribution in [-0.2, 0) is 19.1 Å². The van der Waals surface area contributed by atoms with Gasteiger partial charge in [-0.3, -0.25) is 9.59 Å². The van der Waals surface area contributed by atoms with Crippen LogP contribution in [0.4, 0.5) is 0 Å². The molecule has 136 valence electrons. The topological polar surface area (TPSA) is 59.1 Å². The van der Waals surface area contributed by atoms with Gasteiger partial charge >= 0.3 is 0 Å². The quantitative estimate of drug-likeness (QED) is 0.778. The number of hydrogen-bond acceptors (Lipinski definition) is 4. The highest BCUT2D eigenvalue weighted by Gasteiger charge is 2.40. The van der Waals surface area contributed by atoms with Gasteiger partial charge in [-0.1, -0.05) is 0 Å². The monoisotopic (exact) mass is 338 g/mol. The summed E-state index contributed by atoms with van der Waals surface area (Å²) in [5.74, 6) is 0.332. The van der Waals surface area contributed by atoms with Gasteiger partial charge in [0, 0.05) is 39.7 Å². The SMILES string of the molecule is CN1CC2(CCC1=O)CCN(C(=O)COCC1CCCCO1)CC2. The number of carbonyl (C=O) groups is 2. The Kier molecular flexibility index (Phi) is 5.76. The summed E-state index contributed by atoms with van der Waals surface area (Å²) in [5, 5.41) is 0. The van der Waals surface area contributed by atoms with Crippen molar-refractivity contribution < 1.29 is 19.1 Å². The van der Waals surface area contributed by atoms with Gasteiger partial charge in [-0.15, -0.1) is 0 Å². The molecule has 2 amide bonds. The van der Waals surface area contributed by atoms with Crippen molar-refractivity contribution in [3.05, 3.63) is 0 Å². The standard InChI is InChI=1S/C18H30N2O4/c1-19-14-18(6-5-16(19)21)7-9-20(10-8-18)17(22)13-23-12-15-4-2-3-11-24-15/h15H,2-14H2,1H3. The van der Waals surface area contributed by atoms with Crippen molar-refractivity contribution in [1.82, 2.24) is 9.80 Å². The van der Waals surface area contributed by atoms with E-state index in [4.69, 9.17) is 9.47 Å². The Morgan fingerprint density at radius 2 is 2.08 bits per heavy atom. The van der Waals surface area contributed by atoms with Crippen LogP contribution in [0.3, 0.4) is 0 Å². The minimum Gasteiger partial charge on any atom is -0.376 e. The zero-order valence-electron chi connectivity index (χ0n) is 14.8. The summed E-state index contributed by atoms with van der Waals surface area (Å²) in [6.45, 7) is 3.90. The Labute approximate surface area is 144 Å². The van der Waals surface area contributed by atoms with Crippen LogP contribution < -0.4 is 0 Å². The summed E-state index contributed by atoms with van der Waals surface area (Å²) in [5.41, 5.74) is 0.218. The number of rotatable bonds is 4. The summed E-state index contributed by atoms with van der Waals surface area (Å²) in [7, 11) is 1.89. The van der Waals surface area contributed by atoms with Crippen molar-refractivity contribution in [2.45, 2.75) is 51.0 Å². The Balaban J connectivity index is 1.38. The molecule has 0 aliphatic carbocycles. The van der Waals surface area contributed by atoms with Crippen molar-refractivity contribution in [3.63, 3.8) is 0 Å². The summed E-state index contributed by atoms with van der Waals surface area (Å²) in [6.07, 6.45) is 7.10. The molecule has 3 saturated heterocycles. The summed E-state index contributed by atoms with van der Waals surface area (Å²) in [4.78, 5) is 27.8. The summed E-state index contributed by atoms with van der Waals surface area (Å²) < 4.78 is 11.2. The number of nitrogens with zero attached hydrogens (tertiary/aromatic N) is 2. The van der Waals surface area contributed by atoms with E-state index in [1.807, 2.05) is 16.8 Å². The van der Waals surface area contributed by atoms with E-state index in [2.05, 4.69) is 0 Å².